The molecule has 2 aromatic rings. The molecule has 1 aliphatic rings. The average Bonchev–Trinajstić information content (AvgIpc) is 2.72. The van der Waals surface area contributed by atoms with Gasteiger partial charge < -0.3 is 10.2 Å². The lowest BCUT2D eigenvalue weighted by Gasteiger charge is -2.29. The molecule has 3 rings (SSSR count). The number of anilines is 3. The molecule has 6 nitrogen and oxygen atoms in total. The van der Waals surface area contributed by atoms with Crippen molar-refractivity contribution in [3.63, 3.8) is 0 Å². The highest BCUT2D eigenvalue weighted by Crippen LogP contribution is 2.24. The molecule has 0 atom stereocenters. The molecular weight excluding hydrogens is 386 g/mol. The number of carbonyl (C=O) groups excluding carboxylic acids is 1. The summed E-state index contributed by atoms with van der Waals surface area (Å²) in [5, 5.41) is 2.82. The molecule has 0 bridgehead atoms. The molecule has 1 amide bonds. The van der Waals surface area contributed by atoms with Gasteiger partial charge in [0.05, 0.1) is 11.9 Å². The van der Waals surface area contributed by atoms with Gasteiger partial charge in [-0.05, 0) is 61.6 Å². The molecule has 0 aliphatic carbocycles. The molecule has 1 fully saturated rings. The van der Waals surface area contributed by atoms with E-state index < -0.39 is 10.0 Å². The molecule has 1 aliphatic heterocycles. The quantitative estimate of drug-likeness (QED) is 0.750. The molecule has 1 heterocycles. The van der Waals surface area contributed by atoms with Gasteiger partial charge in [0.25, 0.3) is 0 Å². The van der Waals surface area contributed by atoms with Gasteiger partial charge in [-0.2, -0.15) is 0 Å². The molecule has 0 aromatic heterocycles. The number of nitrogens with one attached hydrogen (secondary N) is 1. The van der Waals surface area contributed by atoms with Gasteiger partial charge in [-0.1, -0.05) is 25.1 Å². The number of hydrogen-bond acceptors (Lipinski definition) is 4. The minimum absolute atomic E-state index is 0.260. The van der Waals surface area contributed by atoms with Crippen LogP contribution in [0, 0.1) is 0 Å². The summed E-state index contributed by atoms with van der Waals surface area (Å²) in [4.78, 5) is 15.0. The second-order valence-corrected chi connectivity index (χ2v) is 9.30. The molecular formula is C22H29N3O3S. The van der Waals surface area contributed by atoms with E-state index in [1.807, 2.05) is 43.3 Å². The zero-order valence-corrected chi connectivity index (χ0v) is 17.9. The lowest BCUT2D eigenvalue weighted by atomic mass is 10.1. The van der Waals surface area contributed by atoms with Gasteiger partial charge in [-0.15, -0.1) is 0 Å². The molecule has 0 saturated carbocycles. The fraction of sp³-hybridized carbons (Fsp3) is 0.409. The summed E-state index contributed by atoms with van der Waals surface area (Å²) in [6.45, 7) is 3.82. The van der Waals surface area contributed by atoms with E-state index in [0.29, 0.717) is 17.8 Å². The highest BCUT2D eigenvalue weighted by Gasteiger charge is 2.22. The predicted molar refractivity (Wildman–Crippen MR) is 119 cm³/mol. The van der Waals surface area contributed by atoms with Crippen molar-refractivity contribution in [1.82, 2.24) is 0 Å². The standard InChI is InChI=1S/C22H29N3O3S/c1-3-18-9-5-6-10-21(18)25(29(2,27)28)17-22(26)23-19-11-13-20(14-12-19)24-15-7-4-8-16-24/h5-6,9-14H,3-4,7-8,15-17H2,1-2H3,(H,23,26). The Morgan fingerprint density at radius 1 is 1.03 bits per heavy atom. The number of piperidine rings is 1. The SMILES string of the molecule is CCc1ccccc1N(CC(=O)Nc1ccc(N2CCCCC2)cc1)S(C)(=O)=O. The number of carbonyl (C=O) groups is 1. The Morgan fingerprint density at radius 2 is 1.69 bits per heavy atom. The van der Waals surface area contributed by atoms with Crippen LogP contribution in [0.15, 0.2) is 48.5 Å². The van der Waals surface area contributed by atoms with E-state index in [1.165, 1.54) is 23.6 Å². The third-order valence-electron chi connectivity index (χ3n) is 5.20. The van der Waals surface area contributed by atoms with Gasteiger partial charge in [-0.25, -0.2) is 8.42 Å². The number of amides is 1. The summed E-state index contributed by atoms with van der Waals surface area (Å²) in [5.74, 6) is -0.368. The van der Waals surface area contributed by atoms with Crippen molar-refractivity contribution in [3.8, 4) is 0 Å². The summed E-state index contributed by atoms with van der Waals surface area (Å²) in [7, 11) is -3.59. The molecule has 1 N–H and O–H groups in total. The minimum Gasteiger partial charge on any atom is -0.372 e. The van der Waals surface area contributed by atoms with Crippen molar-refractivity contribution in [2.24, 2.45) is 0 Å². The molecule has 0 radical (unpaired) electrons. The number of hydrogen-bond donors (Lipinski definition) is 1. The van der Waals surface area contributed by atoms with E-state index in [0.717, 1.165) is 30.6 Å². The maximum atomic E-state index is 12.6. The van der Waals surface area contributed by atoms with Gasteiger partial charge in [0.1, 0.15) is 6.54 Å². The summed E-state index contributed by atoms with van der Waals surface area (Å²) in [5.41, 5.74) is 3.25. The van der Waals surface area contributed by atoms with Crippen LogP contribution in [0.1, 0.15) is 31.7 Å². The van der Waals surface area contributed by atoms with Crippen molar-refractivity contribution in [3.05, 3.63) is 54.1 Å². The Labute approximate surface area is 173 Å². The molecule has 1 saturated heterocycles. The topological polar surface area (TPSA) is 69.7 Å². The van der Waals surface area contributed by atoms with Crippen molar-refractivity contribution in [1.29, 1.82) is 0 Å². The zero-order chi connectivity index (χ0) is 20.9. The summed E-state index contributed by atoms with van der Waals surface area (Å²) in [6.07, 6.45) is 5.50. The van der Waals surface area contributed by atoms with Crippen molar-refractivity contribution < 1.29 is 13.2 Å². The first-order valence-corrected chi connectivity index (χ1v) is 11.9. The number of aryl methyl sites for hydroxylation is 1. The highest BCUT2D eigenvalue weighted by atomic mass is 32.2. The normalized spacial score (nSPS) is 14.5. The first kappa shape index (κ1) is 21.2. The Morgan fingerprint density at radius 3 is 2.31 bits per heavy atom. The van der Waals surface area contributed by atoms with Crippen LogP contribution in [0.4, 0.5) is 17.1 Å². The van der Waals surface area contributed by atoms with Gasteiger partial charge in [-0.3, -0.25) is 9.10 Å². The van der Waals surface area contributed by atoms with Crippen molar-refractivity contribution >= 4 is 33.0 Å². The Balaban J connectivity index is 1.70. The first-order valence-electron chi connectivity index (χ1n) is 10.1. The van der Waals surface area contributed by atoms with Crippen LogP contribution in [0.2, 0.25) is 0 Å². The largest absolute Gasteiger partial charge is 0.372 e. The summed E-state index contributed by atoms with van der Waals surface area (Å²) >= 11 is 0. The Hall–Kier alpha value is -2.54. The van der Waals surface area contributed by atoms with E-state index in [-0.39, 0.29) is 12.5 Å². The lowest BCUT2D eigenvalue weighted by Crippen LogP contribution is -2.38. The van der Waals surface area contributed by atoms with E-state index in [1.54, 1.807) is 12.1 Å². The highest BCUT2D eigenvalue weighted by molar-refractivity contribution is 7.92. The maximum Gasteiger partial charge on any atom is 0.245 e. The van der Waals surface area contributed by atoms with E-state index >= 15 is 0 Å². The lowest BCUT2D eigenvalue weighted by molar-refractivity contribution is -0.114. The van der Waals surface area contributed by atoms with Crippen LogP contribution in [0.3, 0.4) is 0 Å². The summed E-state index contributed by atoms with van der Waals surface area (Å²) < 4.78 is 25.9. The zero-order valence-electron chi connectivity index (χ0n) is 17.1. The number of sulfonamides is 1. The van der Waals surface area contributed by atoms with Crippen molar-refractivity contribution in [2.45, 2.75) is 32.6 Å². The molecule has 0 unspecified atom stereocenters. The second kappa shape index (κ2) is 9.31. The molecule has 7 heteroatoms. The third kappa shape index (κ3) is 5.50. The van der Waals surface area contributed by atoms with Gasteiger partial charge in [0.2, 0.25) is 15.9 Å². The third-order valence-corrected chi connectivity index (χ3v) is 6.33. The number of nitrogens with zero attached hydrogens (tertiary/aromatic N) is 2. The number of rotatable bonds is 7. The summed E-state index contributed by atoms with van der Waals surface area (Å²) in [6, 6.07) is 15.0. The van der Waals surface area contributed by atoms with E-state index in [4.69, 9.17) is 0 Å². The Bertz CT molecular complexity index is 936. The van der Waals surface area contributed by atoms with Gasteiger partial charge in [0.15, 0.2) is 0 Å². The molecule has 29 heavy (non-hydrogen) atoms. The molecule has 0 spiro atoms. The van der Waals surface area contributed by atoms with Gasteiger partial charge >= 0.3 is 0 Å². The van der Waals surface area contributed by atoms with Crippen LogP contribution >= 0.6 is 0 Å². The molecule has 2 aromatic carbocycles. The van der Waals surface area contributed by atoms with E-state index in [2.05, 4.69) is 10.2 Å². The molecule has 156 valence electrons. The predicted octanol–water partition coefficient (Wildman–Crippen LogP) is 3.64. The fourth-order valence-corrected chi connectivity index (χ4v) is 4.56. The second-order valence-electron chi connectivity index (χ2n) is 7.39. The van der Waals surface area contributed by atoms with Crippen LogP contribution in [-0.2, 0) is 21.2 Å². The van der Waals surface area contributed by atoms with Crippen molar-refractivity contribution in [2.75, 3.05) is 40.4 Å². The van der Waals surface area contributed by atoms with Crippen LogP contribution < -0.4 is 14.5 Å². The first-order chi connectivity index (χ1) is 13.9. The monoisotopic (exact) mass is 415 g/mol. The number of para-hydroxylation sites is 1. The Kier molecular flexibility index (Phi) is 6.79. The smallest absolute Gasteiger partial charge is 0.245 e. The van der Waals surface area contributed by atoms with Crippen LogP contribution in [0.5, 0.6) is 0 Å². The maximum absolute atomic E-state index is 12.6. The number of benzene rings is 2. The van der Waals surface area contributed by atoms with Gasteiger partial charge in [0, 0.05) is 24.5 Å². The minimum atomic E-state index is -3.59. The van der Waals surface area contributed by atoms with E-state index in [9.17, 15) is 13.2 Å². The van der Waals surface area contributed by atoms with Crippen LogP contribution in [0.25, 0.3) is 0 Å². The fourth-order valence-electron chi connectivity index (χ4n) is 3.67. The average molecular weight is 416 g/mol. The van der Waals surface area contributed by atoms with Crippen LogP contribution in [-0.4, -0.2) is 40.2 Å².